The van der Waals surface area contributed by atoms with Crippen LogP contribution >= 0.6 is 0 Å². The average molecular weight is 191 g/mol. The van der Waals surface area contributed by atoms with Gasteiger partial charge in [-0.2, -0.15) is 0 Å². The fourth-order valence-corrected chi connectivity index (χ4v) is 2.13. The highest BCUT2D eigenvalue weighted by Crippen LogP contribution is 2.22. The second-order valence-corrected chi connectivity index (χ2v) is 4.00. The molecule has 0 unspecified atom stereocenters. The molecule has 0 bridgehead atoms. The van der Waals surface area contributed by atoms with Gasteiger partial charge < -0.3 is 4.57 Å². The number of ketones is 1. The Morgan fingerprint density at radius 1 is 1.43 bits per heavy atom. The van der Waals surface area contributed by atoms with Crippen LogP contribution in [0.1, 0.15) is 48.7 Å². The van der Waals surface area contributed by atoms with E-state index < -0.39 is 0 Å². The number of aromatic nitrogens is 1. The third kappa shape index (κ3) is 1.61. The number of rotatable bonds is 3. The molecule has 2 rings (SSSR count). The summed E-state index contributed by atoms with van der Waals surface area (Å²) in [7, 11) is 0. The van der Waals surface area contributed by atoms with Crippen LogP contribution in [0.15, 0.2) is 12.3 Å². The van der Waals surface area contributed by atoms with Crippen LogP contribution in [-0.2, 0) is 13.0 Å². The lowest BCUT2D eigenvalue weighted by Gasteiger charge is -2.14. The van der Waals surface area contributed by atoms with E-state index in [2.05, 4.69) is 17.7 Å². The molecule has 0 amide bonds. The van der Waals surface area contributed by atoms with Gasteiger partial charge in [-0.3, -0.25) is 4.79 Å². The molecule has 1 heterocycles. The van der Waals surface area contributed by atoms with Gasteiger partial charge in [-0.05, 0) is 25.3 Å². The van der Waals surface area contributed by atoms with Gasteiger partial charge in [-0.1, -0.05) is 13.3 Å². The Morgan fingerprint density at radius 3 is 3.07 bits per heavy atom. The molecule has 0 saturated heterocycles. The first-order chi connectivity index (χ1) is 6.83. The highest BCUT2D eigenvalue weighted by molar-refractivity contribution is 5.98. The first-order valence-electron chi connectivity index (χ1n) is 5.54. The summed E-state index contributed by atoms with van der Waals surface area (Å²) in [5.74, 6) is 0.335. The lowest BCUT2D eigenvalue weighted by atomic mass is 9.97. The van der Waals surface area contributed by atoms with Gasteiger partial charge in [0.1, 0.15) is 0 Å². The maximum absolute atomic E-state index is 11.6. The Balaban J connectivity index is 2.22. The minimum absolute atomic E-state index is 0.335. The van der Waals surface area contributed by atoms with Crippen LogP contribution in [0.5, 0.6) is 0 Å². The third-order valence-electron chi connectivity index (χ3n) is 2.95. The van der Waals surface area contributed by atoms with Crippen molar-refractivity contribution in [2.75, 3.05) is 0 Å². The molecule has 2 heteroatoms. The van der Waals surface area contributed by atoms with E-state index in [-0.39, 0.29) is 0 Å². The van der Waals surface area contributed by atoms with Crippen LogP contribution in [0.4, 0.5) is 0 Å². The van der Waals surface area contributed by atoms with Crippen molar-refractivity contribution in [2.24, 2.45) is 0 Å². The van der Waals surface area contributed by atoms with Gasteiger partial charge in [0.15, 0.2) is 5.78 Å². The number of hydrogen-bond donors (Lipinski definition) is 0. The molecule has 0 N–H and O–H groups in total. The van der Waals surface area contributed by atoms with Gasteiger partial charge in [-0.25, -0.2) is 0 Å². The van der Waals surface area contributed by atoms with Gasteiger partial charge in [0.25, 0.3) is 0 Å². The van der Waals surface area contributed by atoms with E-state index in [0.717, 1.165) is 31.4 Å². The van der Waals surface area contributed by atoms with Crippen LogP contribution < -0.4 is 0 Å². The van der Waals surface area contributed by atoms with Gasteiger partial charge in [-0.15, -0.1) is 0 Å². The van der Waals surface area contributed by atoms with E-state index in [4.69, 9.17) is 0 Å². The van der Waals surface area contributed by atoms with E-state index in [1.54, 1.807) is 0 Å². The summed E-state index contributed by atoms with van der Waals surface area (Å²) in [5, 5.41) is 0. The first kappa shape index (κ1) is 9.50. The molecular formula is C12H17NO. The molecule has 0 spiro atoms. The number of carbonyl (C=O) groups excluding carboxylic acids is 1. The zero-order valence-corrected chi connectivity index (χ0v) is 8.75. The maximum Gasteiger partial charge on any atom is 0.164 e. The Hall–Kier alpha value is -1.05. The number of unbranched alkanes of at least 4 members (excludes halogenated alkanes) is 1. The molecule has 0 saturated carbocycles. The first-order valence-corrected chi connectivity index (χ1v) is 5.54. The molecule has 0 aliphatic heterocycles. The predicted molar refractivity (Wildman–Crippen MR) is 56.6 cm³/mol. The number of fused-ring (bicyclic) bond motifs is 1. The molecular weight excluding hydrogens is 174 g/mol. The Morgan fingerprint density at radius 2 is 2.29 bits per heavy atom. The highest BCUT2D eigenvalue weighted by atomic mass is 16.1. The fraction of sp³-hybridized carbons (Fsp3) is 0.583. The van der Waals surface area contributed by atoms with Gasteiger partial charge >= 0.3 is 0 Å². The van der Waals surface area contributed by atoms with E-state index in [1.807, 2.05) is 6.07 Å². The highest BCUT2D eigenvalue weighted by Gasteiger charge is 2.19. The molecule has 1 aliphatic rings. The van der Waals surface area contributed by atoms with E-state index in [0.29, 0.717) is 5.78 Å². The van der Waals surface area contributed by atoms with Gasteiger partial charge in [0, 0.05) is 30.4 Å². The number of aryl methyl sites for hydroxylation is 1. The van der Waals surface area contributed by atoms with Crippen LogP contribution in [-0.4, -0.2) is 10.4 Å². The van der Waals surface area contributed by atoms with Crippen molar-refractivity contribution in [3.05, 3.63) is 23.5 Å². The van der Waals surface area contributed by atoms with E-state index in [1.165, 1.54) is 18.5 Å². The molecule has 76 valence electrons. The Labute approximate surface area is 84.9 Å². The summed E-state index contributed by atoms with van der Waals surface area (Å²) < 4.78 is 2.26. The number of Topliss-reactive ketones (excluding diaryl/α,β-unsaturated/α-hetero) is 1. The van der Waals surface area contributed by atoms with Crippen molar-refractivity contribution in [1.82, 2.24) is 4.57 Å². The molecule has 0 radical (unpaired) electrons. The Bertz CT molecular complexity index is 338. The average Bonchev–Trinajstić information content (AvgIpc) is 2.60. The molecule has 2 nitrogen and oxygen atoms in total. The molecule has 0 aromatic carbocycles. The summed E-state index contributed by atoms with van der Waals surface area (Å²) in [6, 6.07) is 1.99. The molecule has 14 heavy (non-hydrogen) atoms. The van der Waals surface area contributed by atoms with Crippen molar-refractivity contribution in [3.8, 4) is 0 Å². The molecule has 1 aromatic rings. The second kappa shape index (κ2) is 3.99. The van der Waals surface area contributed by atoms with Crippen molar-refractivity contribution in [3.63, 3.8) is 0 Å². The van der Waals surface area contributed by atoms with Crippen molar-refractivity contribution in [2.45, 2.75) is 45.6 Å². The zero-order valence-electron chi connectivity index (χ0n) is 8.75. The second-order valence-electron chi connectivity index (χ2n) is 4.00. The molecule has 1 aliphatic carbocycles. The summed E-state index contributed by atoms with van der Waals surface area (Å²) in [4.78, 5) is 11.6. The van der Waals surface area contributed by atoms with E-state index in [9.17, 15) is 4.79 Å². The van der Waals surface area contributed by atoms with Crippen molar-refractivity contribution in [1.29, 1.82) is 0 Å². The van der Waals surface area contributed by atoms with Crippen LogP contribution in [0.2, 0.25) is 0 Å². The fourth-order valence-electron chi connectivity index (χ4n) is 2.13. The predicted octanol–water partition coefficient (Wildman–Crippen LogP) is 2.81. The van der Waals surface area contributed by atoms with Crippen molar-refractivity contribution >= 4 is 5.78 Å². The van der Waals surface area contributed by atoms with Crippen LogP contribution in [0.3, 0.4) is 0 Å². The molecule has 1 aromatic heterocycles. The lowest BCUT2D eigenvalue weighted by molar-refractivity contribution is 0.0971. The quantitative estimate of drug-likeness (QED) is 0.720. The summed E-state index contributed by atoms with van der Waals surface area (Å²) in [6.45, 7) is 3.26. The largest absolute Gasteiger partial charge is 0.351 e. The monoisotopic (exact) mass is 191 g/mol. The van der Waals surface area contributed by atoms with Crippen LogP contribution in [0.25, 0.3) is 0 Å². The van der Waals surface area contributed by atoms with Gasteiger partial charge in [0.2, 0.25) is 0 Å². The number of carbonyl (C=O) groups is 1. The standard InChI is InChI=1S/C12H17NO/c1-2-3-8-13-9-7-10-11(13)5-4-6-12(10)14/h7,9H,2-6,8H2,1H3. The van der Waals surface area contributed by atoms with E-state index >= 15 is 0 Å². The maximum atomic E-state index is 11.6. The summed E-state index contributed by atoms with van der Waals surface area (Å²) >= 11 is 0. The lowest BCUT2D eigenvalue weighted by Crippen LogP contribution is -2.13. The molecule has 0 atom stereocenters. The molecule has 0 fully saturated rings. The van der Waals surface area contributed by atoms with Crippen LogP contribution in [0, 0.1) is 0 Å². The van der Waals surface area contributed by atoms with Gasteiger partial charge in [0.05, 0.1) is 0 Å². The third-order valence-corrected chi connectivity index (χ3v) is 2.95. The smallest absolute Gasteiger partial charge is 0.164 e. The number of hydrogen-bond acceptors (Lipinski definition) is 1. The Kier molecular flexibility index (Phi) is 2.71. The normalized spacial score (nSPS) is 15.6. The number of nitrogens with zero attached hydrogens (tertiary/aromatic N) is 1. The topological polar surface area (TPSA) is 22.0 Å². The summed E-state index contributed by atoms with van der Waals surface area (Å²) in [5.41, 5.74) is 2.25. The van der Waals surface area contributed by atoms with Crippen molar-refractivity contribution < 1.29 is 4.79 Å². The SMILES string of the molecule is CCCCn1ccc2c1CCCC2=O. The zero-order chi connectivity index (χ0) is 9.97. The summed E-state index contributed by atoms with van der Waals surface area (Å²) in [6.07, 6.45) is 7.34. The minimum Gasteiger partial charge on any atom is -0.351 e. The minimum atomic E-state index is 0.335.